The van der Waals surface area contributed by atoms with E-state index >= 15 is 0 Å². The van der Waals surface area contributed by atoms with E-state index in [1.807, 2.05) is 6.26 Å². The molecule has 0 aromatic heterocycles. The number of thioether (sulfide) groups is 1. The lowest BCUT2D eigenvalue weighted by molar-refractivity contribution is -0.123. The van der Waals surface area contributed by atoms with Crippen molar-refractivity contribution >= 4 is 17.7 Å². The molecule has 0 aliphatic carbocycles. The van der Waals surface area contributed by atoms with Crippen LogP contribution in [0.4, 0.5) is 0 Å². The third kappa shape index (κ3) is 6.05. The van der Waals surface area contributed by atoms with Crippen molar-refractivity contribution in [1.82, 2.24) is 5.32 Å². The normalized spacial score (nSPS) is 15.1. The fourth-order valence-electron chi connectivity index (χ4n) is 1.41. The highest BCUT2D eigenvalue weighted by Gasteiger charge is 2.18. The lowest BCUT2D eigenvalue weighted by Crippen LogP contribution is -2.47. The molecule has 0 aliphatic heterocycles. The van der Waals surface area contributed by atoms with E-state index in [1.54, 1.807) is 11.8 Å². The number of carbonyl (C=O) groups is 1. The topological polar surface area (TPSA) is 55.1 Å². The molecule has 4 heteroatoms. The quantitative estimate of drug-likeness (QED) is 0.701. The van der Waals surface area contributed by atoms with Crippen molar-refractivity contribution in [3.05, 3.63) is 0 Å². The van der Waals surface area contributed by atoms with E-state index in [0.717, 1.165) is 18.6 Å². The number of amides is 1. The Morgan fingerprint density at radius 3 is 2.47 bits per heavy atom. The summed E-state index contributed by atoms with van der Waals surface area (Å²) in [5.41, 5.74) is 5.78. The zero-order chi connectivity index (χ0) is 11.8. The average molecular weight is 232 g/mol. The van der Waals surface area contributed by atoms with Crippen molar-refractivity contribution < 1.29 is 4.79 Å². The van der Waals surface area contributed by atoms with Gasteiger partial charge >= 0.3 is 0 Å². The van der Waals surface area contributed by atoms with Crippen LogP contribution < -0.4 is 11.1 Å². The smallest absolute Gasteiger partial charge is 0.237 e. The van der Waals surface area contributed by atoms with Crippen LogP contribution in [0, 0.1) is 5.92 Å². The second-order valence-corrected chi connectivity index (χ2v) is 5.14. The Kier molecular flexibility index (Phi) is 7.88. The van der Waals surface area contributed by atoms with Gasteiger partial charge in [-0.05, 0) is 30.8 Å². The second kappa shape index (κ2) is 7.99. The Morgan fingerprint density at radius 2 is 2.07 bits per heavy atom. The molecule has 0 fully saturated rings. The molecule has 0 rings (SSSR count). The van der Waals surface area contributed by atoms with E-state index in [4.69, 9.17) is 5.73 Å². The number of carbonyl (C=O) groups excluding carboxylic acids is 1. The maximum atomic E-state index is 11.7. The zero-order valence-corrected chi connectivity index (χ0v) is 11.1. The minimum atomic E-state index is -0.356. The first-order valence-corrected chi connectivity index (χ1v) is 6.97. The summed E-state index contributed by atoms with van der Waals surface area (Å²) in [6, 6.07) is -0.108. The molecular weight excluding hydrogens is 208 g/mol. The largest absolute Gasteiger partial charge is 0.352 e. The summed E-state index contributed by atoms with van der Waals surface area (Å²) >= 11 is 1.72. The van der Waals surface area contributed by atoms with Gasteiger partial charge in [0.05, 0.1) is 6.04 Å². The molecule has 0 spiro atoms. The van der Waals surface area contributed by atoms with Crippen LogP contribution in [0.1, 0.15) is 33.6 Å². The predicted octanol–water partition coefficient (Wildman–Crippen LogP) is 1.62. The SMILES string of the molecule is CCC(NC(=O)[C@@H](N)CCSC)C(C)C. The number of rotatable bonds is 7. The molecule has 1 amide bonds. The van der Waals surface area contributed by atoms with Crippen molar-refractivity contribution in [2.24, 2.45) is 11.7 Å². The fourth-order valence-corrected chi connectivity index (χ4v) is 1.90. The van der Waals surface area contributed by atoms with Gasteiger partial charge in [0.1, 0.15) is 0 Å². The molecule has 0 heterocycles. The van der Waals surface area contributed by atoms with Crippen molar-refractivity contribution in [2.45, 2.75) is 45.7 Å². The summed E-state index contributed by atoms with van der Waals surface area (Å²) in [4.78, 5) is 11.7. The van der Waals surface area contributed by atoms with Crippen LogP contribution in [-0.4, -0.2) is 30.0 Å². The van der Waals surface area contributed by atoms with Crippen molar-refractivity contribution in [2.75, 3.05) is 12.0 Å². The summed E-state index contributed by atoms with van der Waals surface area (Å²) in [5.74, 6) is 1.39. The van der Waals surface area contributed by atoms with E-state index in [1.165, 1.54) is 0 Å². The standard InChI is InChI=1S/C11H24N2OS/c1-5-10(8(2)3)13-11(14)9(12)6-7-15-4/h8-10H,5-7,12H2,1-4H3,(H,13,14)/t9-,10?/m0/s1. The molecule has 3 N–H and O–H groups in total. The molecule has 0 radical (unpaired) electrons. The monoisotopic (exact) mass is 232 g/mol. The molecule has 0 aliphatic rings. The molecule has 90 valence electrons. The number of nitrogens with one attached hydrogen (secondary N) is 1. The highest BCUT2D eigenvalue weighted by molar-refractivity contribution is 7.98. The van der Waals surface area contributed by atoms with E-state index in [-0.39, 0.29) is 18.0 Å². The first-order chi connectivity index (χ1) is 7.02. The Morgan fingerprint density at radius 1 is 1.47 bits per heavy atom. The summed E-state index contributed by atoms with van der Waals surface area (Å²) in [5, 5.41) is 3.00. The molecule has 0 saturated heterocycles. The molecule has 0 saturated carbocycles. The van der Waals surface area contributed by atoms with Gasteiger partial charge in [0.15, 0.2) is 0 Å². The Hall–Kier alpha value is -0.220. The highest BCUT2D eigenvalue weighted by atomic mass is 32.2. The maximum absolute atomic E-state index is 11.7. The van der Waals surface area contributed by atoms with Gasteiger partial charge < -0.3 is 11.1 Å². The van der Waals surface area contributed by atoms with Gasteiger partial charge in [-0.1, -0.05) is 20.8 Å². The minimum Gasteiger partial charge on any atom is -0.352 e. The summed E-state index contributed by atoms with van der Waals surface area (Å²) < 4.78 is 0. The van der Waals surface area contributed by atoms with E-state index in [9.17, 15) is 4.79 Å². The van der Waals surface area contributed by atoms with Crippen molar-refractivity contribution in [3.8, 4) is 0 Å². The van der Waals surface area contributed by atoms with E-state index in [2.05, 4.69) is 26.1 Å². The van der Waals surface area contributed by atoms with E-state index < -0.39 is 0 Å². The number of hydrogen-bond acceptors (Lipinski definition) is 3. The Bertz CT molecular complexity index is 185. The van der Waals surface area contributed by atoms with E-state index in [0.29, 0.717) is 5.92 Å². The predicted molar refractivity (Wildman–Crippen MR) is 68.0 cm³/mol. The lowest BCUT2D eigenvalue weighted by atomic mass is 10.0. The number of nitrogens with two attached hydrogens (primary N) is 1. The zero-order valence-electron chi connectivity index (χ0n) is 10.2. The third-order valence-electron chi connectivity index (χ3n) is 2.54. The molecule has 0 aromatic rings. The van der Waals surface area contributed by atoms with Crippen LogP contribution in [0.15, 0.2) is 0 Å². The van der Waals surface area contributed by atoms with Crippen LogP contribution in [-0.2, 0) is 4.79 Å². The van der Waals surface area contributed by atoms with Gasteiger partial charge in [-0.15, -0.1) is 0 Å². The fraction of sp³-hybridized carbons (Fsp3) is 0.909. The first kappa shape index (κ1) is 14.8. The Balaban J connectivity index is 3.98. The van der Waals surface area contributed by atoms with Gasteiger partial charge in [0.25, 0.3) is 0 Å². The summed E-state index contributed by atoms with van der Waals surface area (Å²) in [6.45, 7) is 6.31. The van der Waals surface area contributed by atoms with Crippen LogP contribution in [0.2, 0.25) is 0 Å². The van der Waals surface area contributed by atoms with Crippen LogP contribution in [0.3, 0.4) is 0 Å². The molecule has 0 aromatic carbocycles. The van der Waals surface area contributed by atoms with Crippen molar-refractivity contribution in [3.63, 3.8) is 0 Å². The third-order valence-corrected chi connectivity index (χ3v) is 3.19. The lowest BCUT2D eigenvalue weighted by Gasteiger charge is -2.22. The number of hydrogen-bond donors (Lipinski definition) is 2. The van der Waals surface area contributed by atoms with Crippen molar-refractivity contribution in [1.29, 1.82) is 0 Å². The molecule has 2 atom stereocenters. The highest BCUT2D eigenvalue weighted by Crippen LogP contribution is 2.06. The van der Waals surface area contributed by atoms with Crippen LogP contribution >= 0.6 is 11.8 Å². The second-order valence-electron chi connectivity index (χ2n) is 4.16. The molecular formula is C11H24N2OS. The van der Waals surface area contributed by atoms with Gasteiger partial charge in [-0.3, -0.25) is 4.79 Å². The molecule has 3 nitrogen and oxygen atoms in total. The average Bonchev–Trinajstić information content (AvgIpc) is 2.21. The first-order valence-electron chi connectivity index (χ1n) is 5.57. The maximum Gasteiger partial charge on any atom is 0.237 e. The Labute approximate surface area is 97.6 Å². The molecule has 0 bridgehead atoms. The van der Waals surface area contributed by atoms with Crippen LogP contribution in [0.5, 0.6) is 0 Å². The van der Waals surface area contributed by atoms with Gasteiger partial charge in [0, 0.05) is 6.04 Å². The van der Waals surface area contributed by atoms with Gasteiger partial charge in [-0.25, -0.2) is 0 Å². The van der Waals surface area contributed by atoms with Gasteiger partial charge in [0.2, 0.25) is 5.91 Å². The van der Waals surface area contributed by atoms with Crippen LogP contribution in [0.25, 0.3) is 0 Å². The molecule has 15 heavy (non-hydrogen) atoms. The summed E-state index contributed by atoms with van der Waals surface area (Å²) in [6.07, 6.45) is 3.73. The summed E-state index contributed by atoms with van der Waals surface area (Å²) in [7, 11) is 0. The van der Waals surface area contributed by atoms with Gasteiger partial charge in [-0.2, -0.15) is 11.8 Å². The molecule has 1 unspecified atom stereocenters. The minimum absolute atomic E-state index is 0.00963.